The minimum atomic E-state index is 0.168. The maximum Gasteiger partial charge on any atom is 0.0588 e. The molecule has 0 aliphatic carbocycles. The van der Waals surface area contributed by atoms with Crippen LogP contribution in [-0.2, 0) is 4.74 Å². The van der Waals surface area contributed by atoms with Crippen molar-refractivity contribution in [1.29, 1.82) is 0 Å². The van der Waals surface area contributed by atoms with Crippen LogP contribution < -0.4 is 11.1 Å². The third-order valence-electron chi connectivity index (χ3n) is 3.76. The molecule has 3 N–H and O–H groups in total. The summed E-state index contributed by atoms with van der Waals surface area (Å²) in [5.41, 5.74) is 7.40. The maximum atomic E-state index is 6.16. The minimum Gasteiger partial charge on any atom is -0.378 e. The van der Waals surface area contributed by atoms with Crippen molar-refractivity contribution in [3.8, 4) is 0 Å². The van der Waals surface area contributed by atoms with Crippen molar-refractivity contribution in [2.45, 2.75) is 44.2 Å². The molecule has 1 aromatic rings. The van der Waals surface area contributed by atoms with Gasteiger partial charge in [0.05, 0.1) is 6.10 Å². The lowest BCUT2D eigenvalue weighted by Gasteiger charge is -2.13. The summed E-state index contributed by atoms with van der Waals surface area (Å²) in [5, 5.41) is 3.48. The molecule has 1 fully saturated rings. The van der Waals surface area contributed by atoms with Crippen LogP contribution in [0.3, 0.4) is 0 Å². The molecule has 1 aliphatic heterocycles. The first-order valence-corrected chi connectivity index (χ1v) is 7.49. The molecule has 2 rings (SSSR count). The van der Waals surface area contributed by atoms with E-state index in [0.717, 1.165) is 39.0 Å². The molecule has 0 amide bonds. The van der Waals surface area contributed by atoms with Crippen LogP contribution in [0.2, 0.25) is 0 Å². The van der Waals surface area contributed by atoms with E-state index >= 15 is 0 Å². The summed E-state index contributed by atoms with van der Waals surface area (Å²) in [6, 6.07) is 10.5. The van der Waals surface area contributed by atoms with Crippen molar-refractivity contribution in [1.82, 2.24) is 5.32 Å². The molecule has 0 aromatic heterocycles. The number of rotatable bonds is 8. The summed E-state index contributed by atoms with van der Waals surface area (Å²) in [5.74, 6) is 0. The van der Waals surface area contributed by atoms with E-state index in [0.29, 0.717) is 6.10 Å². The molecule has 2 unspecified atom stereocenters. The van der Waals surface area contributed by atoms with Gasteiger partial charge in [-0.2, -0.15) is 0 Å². The highest BCUT2D eigenvalue weighted by molar-refractivity contribution is 5.18. The molecular weight excluding hydrogens is 236 g/mol. The molecule has 0 spiro atoms. The van der Waals surface area contributed by atoms with Gasteiger partial charge < -0.3 is 15.8 Å². The quantitative estimate of drug-likeness (QED) is 0.708. The lowest BCUT2D eigenvalue weighted by molar-refractivity contribution is 0.104. The van der Waals surface area contributed by atoms with Crippen LogP contribution in [0.25, 0.3) is 0 Å². The molecule has 0 bridgehead atoms. The minimum absolute atomic E-state index is 0.168. The zero-order valence-corrected chi connectivity index (χ0v) is 11.7. The second-order valence-corrected chi connectivity index (χ2v) is 5.33. The zero-order valence-electron chi connectivity index (χ0n) is 11.7. The highest BCUT2D eigenvalue weighted by atomic mass is 16.5. The van der Waals surface area contributed by atoms with Crippen molar-refractivity contribution >= 4 is 0 Å². The fourth-order valence-corrected chi connectivity index (χ4v) is 2.57. The average Bonchev–Trinajstić information content (AvgIpc) is 2.96. The molecule has 1 saturated heterocycles. The molecule has 0 saturated carbocycles. The standard InChI is InChI=1S/C16H26N2O/c17-16(14-6-2-1-3-7-14)9-4-11-18-12-10-15-8-5-13-19-15/h1-3,6-7,15-16,18H,4-5,8-13,17H2. The van der Waals surface area contributed by atoms with Crippen molar-refractivity contribution in [2.24, 2.45) is 5.73 Å². The molecule has 3 heteroatoms. The van der Waals surface area contributed by atoms with Gasteiger partial charge in [0.2, 0.25) is 0 Å². The summed E-state index contributed by atoms with van der Waals surface area (Å²) >= 11 is 0. The van der Waals surface area contributed by atoms with E-state index in [9.17, 15) is 0 Å². The molecule has 3 nitrogen and oxygen atoms in total. The first kappa shape index (κ1) is 14.5. The maximum absolute atomic E-state index is 6.16. The first-order chi connectivity index (χ1) is 9.36. The van der Waals surface area contributed by atoms with Crippen molar-refractivity contribution < 1.29 is 4.74 Å². The lowest BCUT2D eigenvalue weighted by Crippen LogP contribution is -2.22. The van der Waals surface area contributed by atoms with Gasteiger partial charge in [-0.1, -0.05) is 30.3 Å². The van der Waals surface area contributed by atoms with E-state index < -0.39 is 0 Å². The summed E-state index contributed by atoms with van der Waals surface area (Å²) in [4.78, 5) is 0. The smallest absolute Gasteiger partial charge is 0.0588 e. The zero-order chi connectivity index (χ0) is 13.3. The van der Waals surface area contributed by atoms with Gasteiger partial charge in [0.15, 0.2) is 0 Å². The molecule has 0 radical (unpaired) electrons. The van der Waals surface area contributed by atoms with Crippen LogP contribution >= 0.6 is 0 Å². The summed E-state index contributed by atoms with van der Waals surface area (Å²) in [7, 11) is 0. The topological polar surface area (TPSA) is 47.3 Å². The van der Waals surface area contributed by atoms with Crippen molar-refractivity contribution in [3.05, 3.63) is 35.9 Å². The van der Waals surface area contributed by atoms with Gasteiger partial charge in [-0.3, -0.25) is 0 Å². The van der Waals surface area contributed by atoms with Gasteiger partial charge in [0.25, 0.3) is 0 Å². The normalized spacial score (nSPS) is 20.6. The Kier molecular flexibility index (Phi) is 6.34. The Morgan fingerprint density at radius 2 is 2.11 bits per heavy atom. The molecule has 2 atom stereocenters. The van der Waals surface area contributed by atoms with Gasteiger partial charge in [0.1, 0.15) is 0 Å². The Balaban J connectivity index is 1.49. The predicted molar refractivity (Wildman–Crippen MR) is 79.1 cm³/mol. The van der Waals surface area contributed by atoms with Crippen LogP contribution in [0.1, 0.15) is 43.7 Å². The highest BCUT2D eigenvalue weighted by Gasteiger charge is 2.14. The number of nitrogens with one attached hydrogen (secondary N) is 1. The monoisotopic (exact) mass is 262 g/mol. The first-order valence-electron chi connectivity index (χ1n) is 7.49. The second-order valence-electron chi connectivity index (χ2n) is 5.33. The Morgan fingerprint density at radius 1 is 1.26 bits per heavy atom. The van der Waals surface area contributed by atoms with Crippen LogP contribution in [0.4, 0.5) is 0 Å². The van der Waals surface area contributed by atoms with Gasteiger partial charge in [0, 0.05) is 12.6 Å². The largest absolute Gasteiger partial charge is 0.378 e. The lowest BCUT2D eigenvalue weighted by atomic mass is 10.0. The summed E-state index contributed by atoms with van der Waals surface area (Å²) in [6.07, 6.45) is 6.28. The van der Waals surface area contributed by atoms with Crippen molar-refractivity contribution in [3.63, 3.8) is 0 Å². The molecule has 1 aliphatic rings. The summed E-state index contributed by atoms with van der Waals surface area (Å²) in [6.45, 7) is 3.06. The van der Waals surface area contributed by atoms with Crippen LogP contribution in [0.15, 0.2) is 30.3 Å². The number of benzene rings is 1. The molecule has 1 heterocycles. The van der Waals surface area contributed by atoms with E-state index in [1.807, 2.05) is 6.07 Å². The number of ether oxygens (including phenoxy) is 1. The fourth-order valence-electron chi connectivity index (χ4n) is 2.57. The summed E-state index contributed by atoms with van der Waals surface area (Å²) < 4.78 is 5.60. The van der Waals surface area contributed by atoms with Gasteiger partial charge in [-0.25, -0.2) is 0 Å². The van der Waals surface area contributed by atoms with E-state index in [2.05, 4.69) is 29.6 Å². The van der Waals surface area contributed by atoms with E-state index in [1.54, 1.807) is 0 Å². The van der Waals surface area contributed by atoms with Gasteiger partial charge in [-0.05, 0) is 50.8 Å². The molecular formula is C16H26N2O. The number of nitrogens with two attached hydrogens (primary N) is 1. The average molecular weight is 262 g/mol. The second kappa shape index (κ2) is 8.31. The Morgan fingerprint density at radius 3 is 2.84 bits per heavy atom. The fraction of sp³-hybridized carbons (Fsp3) is 0.625. The Bertz CT molecular complexity index is 336. The van der Waals surface area contributed by atoms with Crippen molar-refractivity contribution in [2.75, 3.05) is 19.7 Å². The van der Waals surface area contributed by atoms with E-state index in [4.69, 9.17) is 10.5 Å². The molecule has 106 valence electrons. The van der Waals surface area contributed by atoms with Gasteiger partial charge >= 0.3 is 0 Å². The third-order valence-corrected chi connectivity index (χ3v) is 3.76. The Labute approximate surface area is 116 Å². The SMILES string of the molecule is NC(CCCNCCC1CCCO1)c1ccccc1. The third kappa shape index (κ3) is 5.31. The number of hydrogen-bond donors (Lipinski definition) is 2. The molecule has 1 aromatic carbocycles. The van der Waals surface area contributed by atoms with Gasteiger partial charge in [-0.15, -0.1) is 0 Å². The molecule has 19 heavy (non-hydrogen) atoms. The number of hydrogen-bond acceptors (Lipinski definition) is 3. The predicted octanol–water partition coefficient (Wildman–Crippen LogP) is 2.63. The van der Waals surface area contributed by atoms with Crippen LogP contribution in [0.5, 0.6) is 0 Å². The van der Waals surface area contributed by atoms with Crippen LogP contribution in [0, 0.1) is 0 Å². The van der Waals surface area contributed by atoms with E-state index in [-0.39, 0.29) is 6.04 Å². The highest BCUT2D eigenvalue weighted by Crippen LogP contribution is 2.15. The Hall–Kier alpha value is -0.900. The van der Waals surface area contributed by atoms with Crippen LogP contribution in [-0.4, -0.2) is 25.8 Å². The van der Waals surface area contributed by atoms with E-state index in [1.165, 1.54) is 18.4 Å².